The van der Waals surface area contributed by atoms with E-state index in [9.17, 15) is 9.90 Å². The van der Waals surface area contributed by atoms with Crippen molar-refractivity contribution in [2.45, 2.75) is 78.7 Å². The summed E-state index contributed by atoms with van der Waals surface area (Å²) >= 11 is 0. The first kappa shape index (κ1) is 17.5. The zero-order chi connectivity index (χ0) is 15.2. The molecule has 1 rings (SSSR count). The Kier molecular flexibility index (Phi) is 7.01. The molecule has 1 fully saturated rings. The highest BCUT2D eigenvalue weighted by Crippen LogP contribution is 2.43. The maximum atomic E-state index is 12.6. The van der Waals surface area contributed by atoms with Gasteiger partial charge in [-0.3, -0.25) is 4.79 Å². The highest BCUT2D eigenvalue weighted by atomic mass is 16.3. The van der Waals surface area contributed by atoms with Crippen LogP contribution in [0.3, 0.4) is 0 Å². The topological polar surface area (TPSA) is 49.3 Å². The molecular weight excluding hydrogens is 250 g/mol. The van der Waals surface area contributed by atoms with Gasteiger partial charge in [-0.05, 0) is 31.1 Å². The number of rotatable bonds is 8. The van der Waals surface area contributed by atoms with Crippen LogP contribution in [0.5, 0.6) is 0 Å². The quantitative estimate of drug-likeness (QED) is 0.716. The SMILES string of the molecule is CCC(CC)C(O)CNC(=O)C1(CC(C)C)CCCC1. The van der Waals surface area contributed by atoms with Crippen LogP contribution in [0.15, 0.2) is 0 Å². The van der Waals surface area contributed by atoms with Gasteiger partial charge in [-0.15, -0.1) is 0 Å². The Balaban J connectivity index is 2.55. The van der Waals surface area contributed by atoms with Gasteiger partial charge in [-0.1, -0.05) is 53.4 Å². The van der Waals surface area contributed by atoms with Crippen LogP contribution in [0.1, 0.15) is 72.6 Å². The van der Waals surface area contributed by atoms with E-state index >= 15 is 0 Å². The molecule has 0 saturated heterocycles. The van der Waals surface area contributed by atoms with Crippen LogP contribution in [0, 0.1) is 17.3 Å². The predicted molar refractivity (Wildman–Crippen MR) is 83.4 cm³/mol. The largest absolute Gasteiger partial charge is 0.391 e. The first-order chi connectivity index (χ1) is 9.45. The lowest BCUT2D eigenvalue weighted by Crippen LogP contribution is -2.44. The molecule has 0 aliphatic heterocycles. The number of amides is 1. The van der Waals surface area contributed by atoms with E-state index in [0.29, 0.717) is 18.4 Å². The summed E-state index contributed by atoms with van der Waals surface area (Å²) in [4.78, 5) is 12.6. The molecule has 1 atom stereocenters. The van der Waals surface area contributed by atoms with Crippen LogP contribution in [0.2, 0.25) is 0 Å². The number of carbonyl (C=O) groups is 1. The Morgan fingerprint density at radius 3 is 2.20 bits per heavy atom. The number of nitrogens with one attached hydrogen (secondary N) is 1. The highest BCUT2D eigenvalue weighted by molar-refractivity contribution is 5.82. The van der Waals surface area contributed by atoms with Crippen molar-refractivity contribution in [3.05, 3.63) is 0 Å². The molecule has 0 heterocycles. The van der Waals surface area contributed by atoms with Crippen molar-refractivity contribution >= 4 is 5.91 Å². The molecule has 1 aliphatic rings. The van der Waals surface area contributed by atoms with E-state index in [0.717, 1.165) is 44.9 Å². The molecule has 3 nitrogen and oxygen atoms in total. The lowest BCUT2D eigenvalue weighted by atomic mass is 9.77. The average Bonchev–Trinajstić information content (AvgIpc) is 2.86. The minimum absolute atomic E-state index is 0.165. The van der Waals surface area contributed by atoms with Crippen LogP contribution in [0.4, 0.5) is 0 Å². The molecule has 0 radical (unpaired) electrons. The van der Waals surface area contributed by atoms with Gasteiger partial charge in [0.25, 0.3) is 0 Å². The molecule has 2 N–H and O–H groups in total. The minimum atomic E-state index is -0.411. The van der Waals surface area contributed by atoms with Crippen LogP contribution in [0.25, 0.3) is 0 Å². The van der Waals surface area contributed by atoms with Gasteiger partial charge in [0, 0.05) is 12.0 Å². The molecule has 118 valence electrons. The van der Waals surface area contributed by atoms with E-state index < -0.39 is 6.10 Å². The summed E-state index contributed by atoms with van der Waals surface area (Å²) in [6, 6.07) is 0. The standard InChI is InChI=1S/C17H33NO2/c1-5-14(6-2)15(19)12-18-16(20)17(11-13(3)4)9-7-8-10-17/h13-15,19H,5-12H2,1-4H3,(H,18,20). The van der Waals surface area contributed by atoms with Crippen molar-refractivity contribution in [2.24, 2.45) is 17.3 Å². The summed E-state index contributed by atoms with van der Waals surface area (Å²) in [7, 11) is 0. The molecule has 1 amide bonds. The fraction of sp³-hybridized carbons (Fsp3) is 0.941. The van der Waals surface area contributed by atoms with Crippen molar-refractivity contribution in [2.75, 3.05) is 6.54 Å². The van der Waals surface area contributed by atoms with E-state index in [1.807, 2.05) is 0 Å². The molecule has 1 aliphatic carbocycles. The third-order valence-electron chi connectivity index (χ3n) is 4.91. The number of aliphatic hydroxyl groups excluding tert-OH is 1. The van der Waals surface area contributed by atoms with Gasteiger partial charge in [0.1, 0.15) is 0 Å². The Morgan fingerprint density at radius 2 is 1.75 bits per heavy atom. The molecule has 1 saturated carbocycles. The van der Waals surface area contributed by atoms with Gasteiger partial charge in [0.15, 0.2) is 0 Å². The van der Waals surface area contributed by atoms with Gasteiger partial charge in [-0.25, -0.2) is 0 Å². The van der Waals surface area contributed by atoms with Gasteiger partial charge in [0.2, 0.25) is 5.91 Å². The second-order valence-corrected chi connectivity index (χ2v) is 6.94. The van der Waals surface area contributed by atoms with Gasteiger partial charge < -0.3 is 10.4 Å². The summed E-state index contributed by atoms with van der Waals surface area (Å²) in [6.45, 7) is 8.97. The van der Waals surface area contributed by atoms with E-state index in [-0.39, 0.29) is 11.3 Å². The van der Waals surface area contributed by atoms with Crippen LogP contribution in [-0.2, 0) is 4.79 Å². The Morgan fingerprint density at radius 1 is 1.20 bits per heavy atom. The third-order valence-corrected chi connectivity index (χ3v) is 4.91. The molecular formula is C17H33NO2. The van der Waals surface area contributed by atoms with E-state index in [1.54, 1.807) is 0 Å². The Hall–Kier alpha value is -0.570. The molecule has 0 aromatic heterocycles. The fourth-order valence-electron chi connectivity index (χ4n) is 3.74. The zero-order valence-corrected chi connectivity index (χ0v) is 13.7. The fourth-order valence-corrected chi connectivity index (χ4v) is 3.74. The van der Waals surface area contributed by atoms with Crippen molar-refractivity contribution in [3.63, 3.8) is 0 Å². The van der Waals surface area contributed by atoms with Gasteiger partial charge in [0.05, 0.1) is 6.10 Å². The summed E-state index contributed by atoms with van der Waals surface area (Å²) in [6.07, 6.45) is 6.84. The Labute approximate surface area is 124 Å². The van der Waals surface area contributed by atoms with E-state index in [2.05, 4.69) is 33.0 Å². The number of hydrogen-bond donors (Lipinski definition) is 2. The van der Waals surface area contributed by atoms with Crippen LogP contribution >= 0.6 is 0 Å². The van der Waals surface area contributed by atoms with Gasteiger partial charge >= 0.3 is 0 Å². The molecule has 0 spiro atoms. The maximum absolute atomic E-state index is 12.6. The Bertz CT molecular complexity index is 291. The number of carbonyl (C=O) groups excluding carboxylic acids is 1. The number of aliphatic hydroxyl groups is 1. The van der Waals surface area contributed by atoms with Crippen molar-refractivity contribution < 1.29 is 9.90 Å². The lowest BCUT2D eigenvalue weighted by molar-refractivity contribution is -0.132. The van der Waals surface area contributed by atoms with Gasteiger partial charge in [-0.2, -0.15) is 0 Å². The summed E-state index contributed by atoms with van der Waals surface area (Å²) in [5, 5.41) is 13.2. The molecule has 0 bridgehead atoms. The van der Waals surface area contributed by atoms with Crippen molar-refractivity contribution in [1.82, 2.24) is 5.32 Å². The smallest absolute Gasteiger partial charge is 0.226 e. The first-order valence-corrected chi connectivity index (χ1v) is 8.41. The summed E-state index contributed by atoms with van der Waals surface area (Å²) in [5.74, 6) is 1.01. The minimum Gasteiger partial charge on any atom is -0.391 e. The summed E-state index contributed by atoms with van der Waals surface area (Å²) in [5.41, 5.74) is -0.165. The van der Waals surface area contributed by atoms with Crippen LogP contribution in [-0.4, -0.2) is 23.7 Å². The molecule has 1 unspecified atom stereocenters. The molecule has 0 aromatic carbocycles. The second-order valence-electron chi connectivity index (χ2n) is 6.94. The molecule has 3 heteroatoms. The van der Waals surface area contributed by atoms with E-state index in [4.69, 9.17) is 0 Å². The van der Waals surface area contributed by atoms with Crippen molar-refractivity contribution in [3.8, 4) is 0 Å². The second kappa shape index (κ2) is 8.02. The highest BCUT2D eigenvalue weighted by Gasteiger charge is 2.41. The maximum Gasteiger partial charge on any atom is 0.226 e. The van der Waals surface area contributed by atoms with Crippen LogP contribution < -0.4 is 5.32 Å². The molecule has 0 aromatic rings. The van der Waals surface area contributed by atoms with E-state index in [1.165, 1.54) is 0 Å². The monoisotopic (exact) mass is 283 g/mol. The lowest BCUT2D eigenvalue weighted by Gasteiger charge is -2.30. The number of hydrogen-bond acceptors (Lipinski definition) is 2. The normalized spacial score (nSPS) is 19.6. The molecule has 20 heavy (non-hydrogen) atoms. The summed E-state index contributed by atoms with van der Waals surface area (Å²) < 4.78 is 0. The average molecular weight is 283 g/mol. The van der Waals surface area contributed by atoms with Crippen molar-refractivity contribution in [1.29, 1.82) is 0 Å². The first-order valence-electron chi connectivity index (χ1n) is 8.41. The predicted octanol–water partition coefficient (Wildman–Crippen LogP) is 3.51. The zero-order valence-electron chi connectivity index (χ0n) is 13.7. The third kappa shape index (κ3) is 4.47.